The normalized spacial score (nSPS) is 11.4. The van der Waals surface area contributed by atoms with Crippen molar-refractivity contribution < 1.29 is 0 Å². The predicted molar refractivity (Wildman–Crippen MR) is 300 cm³/mol. The summed E-state index contributed by atoms with van der Waals surface area (Å²) < 4.78 is 0. The van der Waals surface area contributed by atoms with E-state index < -0.39 is 0 Å². The molecule has 70 heavy (non-hydrogen) atoms. The van der Waals surface area contributed by atoms with Crippen LogP contribution in [0.15, 0.2) is 255 Å². The van der Waals surface area contributed by atoms with Crippen molar-refractivity contribution in [2.24, 2.45) is 0 Å². The first-order valence-corrected chi connectivity index (χ1v) is 24.3. The highest BCUT2D eigenvalue weighted by molar-refractivity contribution is 6.08. The molecule has 0 bridgehead atoms. The number of fused-ring (bicyclic) bond motifs is 3. The Balaban J connectivity index is 1.02. The Kier molecular flexibility index (Phi) is 11.0. The third kappa shape index (κ3) is 7.63. The Bertz CT molecular complexity index is 3440. The number of anilines is 3. The fraction of sp³-hybridized carbons (Fsp3) is 0.0435. The van der Waals surface area contributed by atoms with E-state index in [1.165, 1.54) is 116 Å². The third-order valence-electron chi connectivity index (χ3n) is 14.3. The third-order valence-corrected chi connectivity index (χ3v) is 14.3. The number of nitrogens with zero attached hydrogens (tertiary/aromatic N) is 1. The molecule has 0 aliphatic rings. The average molecular weight is 894 g/mol. The summed E-state index contributed by atoms with van der Waals surface area (Å²) >= 11 is 0. The van der Waals surface area contributed by atoms with Gasteiger partial charge in [-0.15, -0.1) is 0 Å². The van der Waals surface area contributed by atoms with Crippen molar-refractivity contribution in [3.8, 4) is 66.8 Å². The smallest absolute Gasteiger partial charge is 0.0462 e. The molecule has 0 atom stereocenters. The van der Waals surface area contributed by atoms with E-state index in [1.54, 1.807) is 0 Å². The van der Waals surface area contributed by atoms with Crippen LogP contribution in [0.25, 0.3) is 99.1 Å². The maximum absolute atomic E-state index is 2.40. The molecule has 12 aromatic carbocycles. The first-order valence-electron chi connectivity index (χ1n) is 24.3. The van der Waals surface area contributed by atoms with Gasteiger partial charge in [0.25, 0.3) is 0 Å². The average Bonchev–Trinajstić information content (AvgIpc) is 3.42. The van der Waals surface area contributed by atoms with Crippen LogP contribution in [0.3, 0.4) is 0 Å². The summed E-state index contributed by atoms with van der Waals surface area (Å²) in [7, 11) is 0. The van der Waals surface area contributed by atoms with Crippen LogP contribution >= 0.6 is 0 Å². The maximum Gasteiger partial charge on any atom is 0.0462 e. The van der Waals surface area contributed by atoms with Crippen LogP contribution in [0.1, 0.15) is 16.7 Å². The van der Waals surface area contributed by atoms with E-state index in [-0.39, 0.29) is 0 Å². The van der Waals surface area contributed by atoms with Crippen LogP contribution in [0, 0.1) is 20.8 Å². The summed E-state index contributed by atoms with van der Waals surface area (Å²) in [5.41, 5.74) is 21.7. The summed E-state index contributed by atoms with van der Waals surface area (Å²) in [6.45, 7) is 6.68. The van der Waals surface area contributed by atoms with E-state index >= 15 is 0 Å². The molecule has 0 aliphatic carbocycles. The molecule has 0 heterocycles. The Morgan fingerprint density at radius 2 is 0.443 bits per heavy atom. The molecule has 12 aromatic rings. The van der Waals surface area contributed by atoms with Crippen LogP contribution in [-0.4, -0.2) is 0 Å². The van der Waals surface area contributed by atoms with Gasteiger partial charge in [0.2, 0.25) is 0 Å². The lowest BCUT2D eigenvalue weighted by Crippen LogP contribution is -2.10. The van der Waals surface area contributed by atoms with E-state index in [4.69, 9.17) is 0 Å². The lowest BCUT2D eigenvalue weighted by molar-refractivity contribution is 1.28. The number of hydrogen-bond acceptors (Lipinski definition) is 1. The first kappa shape index (κ1) is 42.6. The van der Waals surface area contributed by atoms with Crippen LogP contribution < -0.4 is 4.90 Å². The SMILES string of the molecule is Cc1cc(-c2ccccc2)c(-c2ccc(N(c3ccc(-c4c(-c5ccccc5)cc(C)c5ccccc45)cc3)c3ccc(-c4c(-c5ccccc5)cc(C)c5ccccc45)cc3)cc2)c2ccccc12. The highest BCUT2D eigenvalue weighted by atomic mass is 15.1. The van der Waals surface area contributed by atoms with Crippen molar-refractivity contribution in [1.82, 2.24) is 0 Å². The zero-order valence-corrected chi connectivity index (χ0v) is 39.7. The van der Waals surface area contributed by atoms with E-state index in [0.717, 1.165) is 17.1 Å². The van der Waals surface area contributed by atoms with E-state index in [0.29, 0.717) is 0 Å². The van der Waals surface area contributed by atoms with Gasteiger partial charge in [-0.25, -0.2) is 0 Å². The Morgan fingerprint density at radius 3 is 0.700 bits per heavy atom. The maximum atomic E-state index is 2.40. The van der Waals surface area contributed by atoms with Crippen molar-refractivity contribution in [3.05, 3.63) is 271 Å². The molecular formula is C69H51N. The van der Waals surface area contributed by atoms with Crippen molar-refractivity contribution in [2.45, 2.75) is 20.8 Å². The zero-order chi connectivity index (χ0) is 47.1. The molecule has 0 aromatic heterocycles. The second-order valence-corrected chi connectivity index (χ2v) is 18.6. The molecule has 12 rings (SSSR count). The van der Waals surface area contributed by atoms with Gasteiger partial charge >= 0.3 is 0 Å². The standard InChI is InChI=1S/C69H51N/c1-46-43-64(49-19-7-4-8-20-49)67(61-28-16-13-25-58(46)61)52-31-37-55(38-32-52)70(56-39-33-53(34-40-56)68-62-29-17-14-26-59(62)47(2)44-65(68)50-21-9-5-10-22-50)57-41-35-54(36-42-57)69-63-30-18-15-27-60(63)48(3)45-66(69)51-23-11-6-12-24-51/h4-45H,1-3H3. The fourth-order valence-electron chi connectivity index (χ4n) is 10.9. The molecule has 1 nitrogen and oxygen atoms in total. The van der Waals surface area contributed by atoms with Crippen LogP contribution in [0.2, 0.25) is 0 Å². The van der Waals surface area contributed by atoms with Gasteiger partial charge in [-0.1, -0.05) is 218 Å². The number of aryl methyl sites for hydroxylation is 3. The summed E-state index contributed by atoms with van der Waals surface area (Å²) in [5.74, 6) is 0. The van der Waals surface area contributed by atoms with E-state index in [2.05, 4.69) is 280 Å². The molecule has 0 N–H and O–H groups in total. The second-order valence-electron chi connectivity index (χ2n) is 18.6. The molecule has 0 saturated heterocycles. The van der Waals surface area contributed by atoms with E-state index in [1.807, 2.05) is 0 Å². The summed E-state index contributed by atoms with van der Waals surface area (Å²) in [6.07, 6.45) is 0. The lowest BCUT2D eigenvalue weighted by Gasteiger charge is -2.27. The highest BCUT2D eigenvalue weighted by Crippen LogP contribution is 2.46. The minimum Gasteiger partial charge on any atom is -0.311 e. The second kappa shape index (κ2) is 18.0. The van der Waals surface area contributed by atoms with Gasteiger partial charge in [0, 0.05) is 17.1 Å². The molecule has 0 aliphatic heterocycles. The quantitative estimate of drug-likeness (QED) is 0.140. The van der Waals surface area contributed by atoms with Gasteiger partial charge < -0.3 is 4.90 Å². The molecule has 0 saturated carbocycles. The van der Waals surface area contributed by atoms with Gasteiger partial charge in [0.15, 0.2) is 0 Å². The highest BCUT2D eigenvalue weighted by Gasteiger charge is 2.20. The molecule has 0 radical (unpaired) electrons. The van der Waals surface area contributed by atoms with Gasteiger partial charge in [-0.05, 0) is 173 Å². The Labute approximate surface area is 411 Å². The molecule has 1 heteroatoms. The number of hydrogen-bond donors (Lipinski definition) is 0. The molecule has 0 spiro atoms. The van der Waals surface area contributed by atoms with Crippen LogP contribution in [0.4, 0.5) is 17.1 Å². The van der Waals surface area contributed by atoms with Crippen LogP contribution in [0.5, 0.6) is 0 Å². The molecule has 0 fully saturated rings. The summed E-state index contributed by atoms with van der Waals surface area (Å²) in [6, 6.07) is 93.6. The van der Waals surface area contributed by atoms with Gasteiger partial charge in [0.1, 0.15) is 0 Å². The first-order chi connectivity index (χ1) is 34.5. The van der Waals surface area contributed by atoms with Crippen molar-refractivity contribution in [3.63, 3.8) is 0 Å². The Hall–Kier alpha value is -8.78. The number of benzene rings is 12. The minimum absolute atomic E-state index is 1.08. The van der Waals surface area contributed by atoms with Gasteiger partial charge in [0.05, 0.1) is 0 Å². The number of rotatable bonds is 9. The molecule has 0 amide bonds. The fourth-order valence-corrected chi connectivity index (χ4v) is 10.9. The Morgan fingerprint density at radius 1 is 0.214 bits per heavy atom. The van der Waals surface area contributed by atoms with Crippen molar-refractivity contribution in [1.29, 1.82) is 0 Å². The topological polar surface area (TPSA) is 3.24 Å². The molecular weight excluding hydrogens is 843 g/mol. The minimum atomic E-state index is 1.08. The lowest BCUT2D eigenvalue weighted by atomic mass is 9.87. The van der Waals surface area contributed by atoms with E-state index in [9.17, 15) is 0 Å². The molecule has 332 valence electrons. The van der Waals surface area contributed by atoms with Crippen molar-refractivity contribution in [2.75, 3.05) is 4.90 Å². The van der Waals surface area contributed by atoms with Gasteiger partial charge in [-0.3, -0.25) is 0 Å². The largest absolute Gasteiger partial charge is 0.311 e. The van der Waals surface area contributed by atoms with Crippen molar-refractivity contribution >= 4 is 49.4 Å². The zero-order valence-electron chi connectivity index (χ0n) is 39.7. The predicted octanol–water partition coefficient (Wildman–Crippen LogP) is 19.5. The summed E-state index contributed by atoms with van der Waals surface area (Å²) in [5, 5.41) is 7.60. The van der Waals surface area contributed by atoms with Gasteiger partial charge in [-0.2, -0.15) is 0 Å². The van der Waals surface area contributed by atoms with Crippen LogP contribution in [-0.2, 0) is 0 Å². The summed E-state index contributed by atoms with van der Waals surface area (Å²) in [4.78, 5) is 2.40. The molecule has 0 unspecified atom stereocenters. The monoisotopic (exact) mass is 893 g/mol.